The molecule has 1 aromatic heterocycles. The molecular formula is C25H25FN4O4. The van der Waals surface area contributed by atoms with Crippen molar-refractivity contribution in [2.75, 3.05) is 6.54 Å². The Labute approximate surface area is 195 Å². The molecule has 0 spiro atoms. The van der Waals surface area contributed by atoms with Crippen molar-refractivity contribution in [3.05, 3.63) is 71.7 Å². The summed E-state index contributed by atoms with van der Waals surface area (Å²) >= 11 is 0. The monoisotopic (exact) mass is 464 g/mol. The van der Waals surface area contributed by atoms with E-state index in [1.807, 2.05) is 30.3 Å². The van der Waals surface area contributed by atoms with E-state index in [4.69, 9.17) is 0 Å². The minimum absolute atomic E-state index is 0.112. The van der Waals surface area contributed by atoms with Crippen molar-refractivity contribution < 1.29 is 23.6 Å². The van der Waals surface area contributed by atoms with Gasteiger partial charge in [0.25, 0.3) is 5.91 Å². The largest absolute Gasteiger partial charge is 0.356 e. The molecule has 1 fully saturated rings. The number of para-hydroxylation sites is 1. The highest BCUT2D eigenvalue weighted by Gasteiger charge is 2.30. The average molecular weight is 464 g/mol. The van der Waals surface area contributed by atoms with E-state index in [2.05, 4.69) is 20.9 Å². The Hall–Kier alpha value is -4.01. The number of hydrogen-bond acceptors (Lipinski definition) is 4. The highest BCUT2D eigenvalue weighted by Crippen LogP contribution is 2.19. The van der Waals surface area contributed by atoms with Gasteiger partial charge in [-0.2, -0.15) is 0 Å². The molecule has 34 heavy (non-hydrogen) atoms. The molecule has 2 heterocycles. The fourth-order valence-electron chi connectivity index (χ4n) is 4.14. The normalized spacial score (nSPS) is 17.1. The number of rotatable bonds is 9. The van der Waals surface area contributed by atoms with E-state index in [-0.39, 0.29) is 35.9 Å². The number of halogens is 1. The summed E-state index contributed by atoms with van der Waals surface area (Å²) in [6.07, 6.45) is 1.57. The van der Waals surface area contributed by atoms with E-state index in [1.54, 1.807) is 12.1 Å². The van der Waals surface area contributed by atoms with Crippen molar-refractivity contribution in [2.45, 2.75) is 31.3 Å². The van der Waals surface area contributed by atoms with Crippen molar-refractivity contribution in [1.82, 2.24) is 20.9 Å². The number of aromatic amines is 1. The molecule has 3 amide bonds. The van der Waals surface area contributed by atoms with Gasteiger partial charge in [0.1, 0.15) is 23.8 Å². The molecule has 0 saturated carbocycles. The van der Waals surface area contributed by atoms with Crippen LogP contribution in [-0.2, 0) is 20.8 Å². The van der Waals surface area contributed by atoms with Gasteiger partial charge in [0.2, 0.25) is 11.8 Å². The first-order chi connectivity index (χ1) is 16.4. The van der Waals surface area contributed by atoms with Gasteiger partial charge in [-0.1, -0.05) is 42.5 Å². The predicted octanol–water partition coefficient (Wildman–Crippen LogP) is 1.86. The van der Waals surface area contributed by atoms with Crippen molar-refractivity contribution >= 4 is 34.9 Å². The molecular weight excluding hydrogens is 439 g/mol. The summed E-state index contributed by atoms with van der Waals surface area (Å²) in [7, 11) is 0. The molecule has 1 aliphatic rings. The quantitative estimate of drug-likeness (QED) is 0.361. The van der Waals surface area contributed by atoms with Gasteiger partial charge in [0, 0.05) is 24.3 Å². The Balaban J connectivity index is 1.51. The molecule has 4 rings (SSSR count). The summed E-state index contributed by atoms with van der Waals surface area (Å²) < 4.78 is 14.0. The maximum atomic E-state index is 14.0. The van der Waals surface area contributed by atoms with Gasteiger partial charge < -0.3 is 25.7 Å². The lowest BCUT2D eigenvalue weighted by molar-refractivity contribution is -0.127. The van der Waals surface area contributed by atoms with Gasteiger partial charge in [0.15, 0.2) is 0 Å². The van der Waals surface area contributed by atoms with Crippen LogP contribution in [0.5, 0.6) is 0 Å². The van der Waals surface area contributed by atoms with Crippen LogP contribution in [0.3, 0.4) is 0 Å². The van der Waals surface area contributed by atoms with Gasteiger partial charge in [-0.05, 0) is 30.5 Å². The number of benzene rings is 2. The third-order valence-corrected chi connectivity index (χ3v) is 5.95. The number of aromatic nitrogens is 1. The van der Waals surface area contributed by atoms with E-state index >= 15 is 0 Å². The first kappa shape index (κ1) is 23.2. The lowest BCUT2D eigenvalue weighted by Gasteiger charge is -2.22. The van der Waals surface area contributed by atoms with Crippen LogP contribution in [0, 0.1) is 11.7 Å². The average Bonchev–Trinajstić information content (AvgIpc) is 3.46. The Morgan fingerprint density at radius 1 is 1.12 bits per heavy atom. The fraction of sp³-hybridized carbons (Fsp3) is 0.280. The Morgan fingerprint density at radius 2 is 1.91 bits per heavy atom. The number of H-pyrrole nitrogens is 1. The molecule has 8 nitrogen and oxygen atoms in total. The molecule has 0 bridgehead atoms. The van der Waals surface area contributed by atoms with Crippen molar-refractivity contribution in [2.24, 2.45) is 5.92 Å². The van der Waals surface area contributed by atoms with Gasteiger partial charge in [-0.3, -0.25) is 14.4 Å². The molecule has 176 valence electrons. The molecule has 0 radical (unpaired) electrons. The second-order valence-electron chi connectivity index (χ2n) is 8.37. The molecule has 3 atom stereocenters. The second-order valence-corrected chi connectivity index (χ2v) is 8.37. The van der Waals surface area contributed by atoms with E-state index in [1.165, 1.54) is 12.1 Å². The summed E-state index contributed by atoms with van der Waals surface area (Å²) in [5.41, 5.74) is 1.12. The molecule has 4 N–H and O–H groups in total. The molecule has 0 aliphatic carbocycles. The molecule has 9 heteroatoms. The van der Waals surface area contributed by atoms with Crippen LogP contribution in [-0.4, -0.2) is 47.6 Å². The smallest absolute Gasteiger partial charge is 0.268 e. The van der Waals surface area contributed by atoms with Crippen LogP contribution in [0.25, 0.3) is 10.9 Å². The number of fused-ring (bicyclic) bond motifs is 1. The van der Waals surface area contributed by atoms with Crippen LogP contribution < -0.4 is 16.0 Å². The SMILES string of the molecule is O=C[C@H](C[C@@H]1CCNC1=O)NC(=O)[C@H](Cc1ccccc1)NC(=O)c1cc2cccc(F)c2[nH]1. The Kier molecular flexibility index (Phi) is 7.01. The van der Waals surface area contributed by atoms with Crippen molar-refractivity contribution in [1.29, 1.82) is 0 Å². The summed E-state index contributed by atoms with van der Waals surface area (Å²) in [6, 6.07) is 13.3. The van der Waals surface area contributed by atoms with Crippen molar-refractivity contribution in [3.63, 3.8) is 0 Å². The topological polar surface area (TPSA) is 120 Å². The second kappa shape index (κ2) is 10.3. The van der Waals surface area contributed by atoms with Crippen LogP contribution in [0.4, 0.5) is 4.39 Å². The number of carbonyl (C=O) groups is 4. The van der Waals surface area contributed by atoms with Gasteiger partial charge >= 0.3 is 0 Å². The van der Waals surface area contributed by atoms with Gasteiger partial charge in [0.05, 0.1) is 11.6 Å². The molecule has 1 aliphatic heterocycles. The highest BCUT2D eigenvalue weighted by molar-refractivity contribution is 6.00. The van der Waals surface area contributed by atoms with E-state index in [0.29, 0.717) is 24.6 Å². The van der Waals surface area contributed by atoms with E-state index < -0.39 is 29.7 Å². The van der Waals surface area contributed by atoms with Crippen LogP contribution in [0.15, 0.2) is 54.6 Å². The standard InChI is InChI=1S/C25H25FN4O4/c26-19-8-4-7-16-13-21(29-22(16)19)25(34)30-20(11-15-5-2-1-3-6-15)24(33)28-18(14-31)12-17-9-10-27-23(17)32/h1-8,13-14,17-18,20,29H,9-12H2,(H,27,32)(H,28,33)(H,30,34)/t17-,18-,20-/m0/s1. The maximum Gasteiger partial charge on any atom is 0.268 e. The fourth-order valence-corrected chi connectivity index (χ4v) is 4.14. The van der Waals surface area contributed by atoms with Crippen LogP contribution in [0.2, 0.25) is 0 Å². The highest BCUT2D eigenvalue weighted by atomic mass is 19.1. The summed E-state index contributed by atoms with van der Waals surface area (Å²) in [6.45, 7) is 0.542. The summed E-state index contributed by atoms with van der Waals surface area (Å²) in [4.78, 5) is 52.3. The zero-order valence-corrected chi connectivity index (χ0v) is 18.3. The molecule has 0 unspecified atom stereocenters. The minimum atomic E-state index is -0.994. The van der Waals surface area contributed by atoms with Crippen LogP contribution >= 0.6 is 0 Å². The number of hydrogen-bond donors (Lipinski definition) is 4. The third kappa shape index (κ3) is 5.31. The summed E-state index contributed by atoms with van der Waals surface area (Å²) in [5.74, 6) is -2.10. The predicted molar refractivity (Wildman–Crippen MR) is 123 cm³/mol. The lowest BCUT2D eigenvalue weighted by atomic mass is 9.98. The lowest BCUT2D eigenvalue weighted by Crippen LogP contribution is -2.51. The molecule has 2 aromatic carbocycles. The Morgan fingerprint density at radius 3 is 2.59 bits per heavy atom. The summed E-state index contributed by atoms with van der Waals surface area (Å²) in [5, 5.41) is 8.59. The first-order valence-corrected chi connectivity index (χ1v) is 11.1. The van der Waals surface area contributed by atoms with Crippen molar-refractivity contribution in [3.8, 4) is 0 Å². The maximum absolute atomic E-state index is 14.0. The number of amides is 3. The number of aldehydes is 1. The molecule has 3 aromatic rings. The van der Waals surface area contributed by atoms with Crippen LogP contribution in [0.1, 0.15) is 28.9 Å². The zero-order valence-electron chi connectivity index (χ0n) is 18.3. The van der Waals surface area contributed by atoms with E-state index in [9.17, 15) is 23.6 Å². The Bertz CT molecular complexity index is 1210. The zero-order chi connectivity index (χ0) is 24.1. The van der Waals surface area contributed by atoms with E-state index in [0.717, 1.165) is 5.56 Å². The molecule has 1 saturated heterocycles. The van der Waals surface area contributed by atoms with Gasteiger partial charge in [-0.15, -0.1) is 0 Å². The number of carbonyl (C=O) groups excluding carboxylic acids is 4. The third-order valence-electron chi connectivity index (χ3n) is 5.95. The first-order valence-electron chi connectivity index (χ1n) is 11.1. The number of nitrogens with one attached hydrogen (secondary N) is 4. The van der Waals surface area contributed by atoms with Gasteiger partial charge in [-0.25, -0.2) is 4.39 Å². The minimum Gasteiger partial charge on any atom is -0.356 e.